The first-order valence-electron chi connectivity index (χ1n) is 4.62. The summed E-state index contributed by atoms with van der Waals surface area (Å²) in [7, 11) is 1.67. The molecule has 0 heterocycles. The van der Waals surface area contributed by atoms with Gasteiger partial charge in [0.05, 0.1) is 26.4 Å². The fraction of sp³-hybridized carbons (Fsp3) is 1.00. The van der Waals surface area contributed by atoms with E-state index in [-0.39, 0.29) is 0 Å². The minimum absolute atomic E-state index is 0.654. The quantitative estimate of drug-likeness (QED) is 0.440. The first kappa shape index (κ1) is 13.4. The smallest absolute Gasteiger partial charge is 0.0701 e. The Hall–Kier alpha value is 0.360. The number of halogens is 1. The van der Waals surface area contributed by atoms with Crippen molar-refractivity contribution in [1.29, 1.82) is 0 Å². The van der Waals surface area contributed by atoms with Gasteiger partial charge in [-0.25, -0.2) is 0 Å². The summed E-state index contributed by atoms with van der Waals surface area (Å²) >= 11 is 3.37. The lowest BCUT2D eigenvalue weighted by Gasteiger charge is -2.04. The van der Waals surface area contributed by atoms with Gasteiger partial charge >= 0.3 is 0 Å². The number of alkyl halides is 1. The number of ether oxygens (including phenoxy) is 3. The molecular formula is C9H19BrO3. The molecule has 0 amide bonds. The Kier molecular flexibility index (Phi) is 12.7. The molecule has 0 spiro atoms. The standard InChI is InChI=1S/C9H19BrO3/c1-11-6-7-13-9-8-12-5-3-2-4-10/h2-9H2,1H3. The van der Waals surface area contributed by atoms with E-state index in [1.165, 1.54) is 6.42 Å². The maximum Gasteiger partial charge on any atom is 0.0701 e. The summed E-state index contributed by atoms with van der Waals surface area (Å²) in [6.45, 7) is 3.49. The SMILES string of the molecule is COCCOCCOCCCCBr. The molecule has 0 atom stereocenters. The molecule has 80 valence electrons. The topological polar surface area (TPSA) is 27.7 Å². The Bertz CT molecular complexity index is 80.9. The first-order valence-corrected chi connectivity index (χ1v) is 5.74. The van der Waals surface area contributed by atoms with Crippen LogP contribution in [0, 0.1) is 0 Å². The largest absolute Gasteiger partial charge is 0.382 e. The van der Waals surface area contributed by atoms with Crippen molar-refractivity contribution in [3.63, 3.8) is 0 Å². The van der Waals surface area contributed by atoms with E-state index in [1.54, 1.807) is 7.11 Å². The van der Waals surface area contributed by atoms with Crippen molar-refractivity contribution in [3.8, 4) is 0 Å². The molecule has 0 aliphatic heterocycles. The highest BCUT2D eigenvalue weighted by Gasteiger charge is 1.90. The Balaban J connectivity index is 2.76. The molecule has 0 N–H and O–H groups in total. The summed E-state index contributed by atoms with van der Waals surface area (Å²) in [5.74, 6) is 0. The molecule has 0 radical (unpaired) electrons. The molecule has 0 aromatic rings. The molecule has 0 fully saturated rings. The van der Waals surface area contributed by atoms with Gasteiger partial charge < -0.3 is 14.2 Å². The number of unbranched alkanes of at least 4 members (excludes halogenated alkanes) is 1. The lowest BCUT2D eigenvalue weighted by atomic mass is 10.4. The molecule has 0 unspecified atom stereocenters. The van der Waals surface area contributed by atoms with Crippen LogP contribution in [-0.2, 0) is 14.2 Å². The van der Waals surface area contributed by atoms with Gasteiger partial charge in [0.25, 0.3) is 0 Å². The number of methoxy groups -OCH3 is 1. The lowest BCUT2D eigenvalue weighted by Crippen LogP contribution is -2.08. The third-order valence-corrected chi connectivity index (χ3v) is 2.04. The highest BCUT2D eigenvalue weighted by Crippen LogP contribution is 1.93. The molecule has 0 rings (SSSR count). The molecule has 0 saturated heterocycles. The zero-order valence-corrected chi connectivity index (χ0v) is 9.85. The third-order valence-electron chi connectivity index (χ3n) is 1.48. The first-order chi connectivity index (χ1) is 6.41. The fourth-order valence-corrected chi connectivity index (χ4v) is 1.16. The minimum atomic E-state index is 0.654. The van der Waals surface area contributed by atoms with Gasteiger partial charge in [-0.05, 0) is 12.8 Å². The highest BCUT2D eigenvalue weighted by atomic mass is 79.9. The minimum Gasteiger partial charge on any atom is -0.382 e. The molecule has 13 heavy (non-hydrogen) atoms. The van der Waals surface area contributed by atoms with Crippen LogP contribution in [0.3, 0.4) is 0 Å². The van der Waals surface area contributed by atoms with Crippen molar-refractivity contribution < 1.29 is 14.2 Å². The van der Waals surface area contributed by atoms with Gasteiger partial charge in [-0.2, -0.15) is 0 Å². The number of hydrogen-bond donors (Lipinski definition) is 0. The van der Waals surface area contributed by atoms with Gasteiger partial charge in [0.2, 0.25) is 0 Å². The summed E-state index contributed by atoms with van der Waals surface area (Å²) < 4.78 is 15.4. The predicted octanol–water partition coefficient (Wildman–Crippen LogP) is 1.84. The van der Waals surface area contributed by atoms with E-state index in [1.807, 2.05) is 0 Å². The van der Waals surface area contributed by atoms with Gasteiger partial charge in [0.1, 0.15) is 0 Å². The second kappa shape index (κ2) is 12.4. The molecule has 3 nitrogen and oxygen atoms in total. The van der Waals surface area contributed by atoms with Crippen LogP contribution in [0.2, 0.25) is 0 Å². The normalized spacial score (nSPS) is 10.6. The summed E-state index contributed by atoms with van der Waals surface area (Å²) in [4.78, 5) is 0. The molecule has 0 aromatic carbocycles. The maximum atomic E-state index is 5.33. The Morgan fingerprint density at radius 1 is 0.846 bits per heavy atom. The van der Waals surface area contributed by atoms with Gasteiger partial charge in [0.15, 0.2) is 0 Å². The monoisotopic (exact) mass is 254 g/mol. The second-order valence-corrected chi connectivity index (χ2v) is 3.41. The van der Waals surface area contributed by atoms with E-state index in [0.29, 0.717) is 26.4 Å². The van der Waals surface area contributed by atoms with Gasteiger partial charge in [-0.3, -0.25) is 0 Å². The van der Waals surface area contributed by atoms with E-state index >= 15 is 0 Å². The highest BCUT2D eigenvalue weighted by molar-refractivity contribution is 9.09. The van der Waals surface area contributed by atoms with Crippen LogP contribution in [-0.4, -0.2) is 45.5 Å². The Labute approximate surface area is 88.9 Å². The third kappa shape index (κ3) is 12.4. The van der Waals surface area contributed by atoms with Gasteiger partial charge in [0, 0.05) is 19.0 Å². The summed E-state index contributed by atoms with van der Waals surface area (Å²) in [6.07, 6.45) is 2.29. The van der Waals surface area contributed by atoms with Gasteiger partial charge in [-0.1, -0.05) is 15.9 Å². The van der Waals surface area contributed by atoms with Crippen molar-refractivity contribution in [2.75, 3.05) is 45.5 Å². The number of rotatable bonds is 10. The fourth-order valence-electron chi connectivity index (χ4n) is 0.763. The molecule has 0 aliphatic rings. The van der Waals surface area contributed by atoms with E-state index in [0.717, 1.165) is 18.4 Å². The summed E-state index contributed by atoms with van der Waals surface area (Å²) in [5, 5.41) is 1.06. The summed E-state index contributed by atoms with van der Waals surface area (Å²) in [6, 6.07) is 0. The van der Waals surface area contributed by atoms with Crippen LogP contribution in [0.4, 0.5) is 0 Å². The Morgan fingerprint density at radius 3 is 2.08 bits per heavy atom. The van der Waals surface area contributed by atoms with Crippen molar-refractivity contribution in [3.05, 3.63) is 0 Å². The Morgan fingerprint density at radius 2 is 1.46 bits per heavy atom. The molecule has 0 bridgehead atoms. The van der Waals surface area contributed by atoms with E-state index in [4.69, 9.17) is 14.2 Å². The van der Waals surface area contributed by atoms with E-state index in [2.05, 4.69) is 15.9 Å². The molecule has 0 aromatic heterocycles. The van der Waals surface area contributed by atoms with Crippen LogP contribution >= 0.6 is 15.9 Å². The number of hydrogen-bond acceptors (Lipinski definition) is 3. The molecular weight excluding hydrogens is 236 g/mol. The molecule has 4 heteroatoms. The van der Waals surface area contributed by atoms with Gasteiger partial charge in [-0.15, -0.1) is 0 Å². The maximum absolute atomic E-state index is 5.33. The zero-order valence-electron chi connectivity index (χ0n) is 8.26. The van der Waals surface area contributed by atoms with Crippen LogP contribution in [0.1, 0.15) is 12.8 Å². The molecule has 0 saturated carbocycles. The van der Waals surface area contributed by atoms with Crippen molar-refractivity contribution in [2.24, 2.45) is 0 Å². The van der Waals surface area contributed by atoms with Crippen LogP contribution in [0.15, 0.2) is 0 Å². The van der Waals surface area contributed by atoms with Crippen molar-refractivity contribution in [1.82, 2.24) is 0 Å². The average molecular weight is 255 g/mol. The van der Waals surface area contributed by atoms with E-state index in [9.17, 15) is 0 Å². The van der Waals surface area contributed by atoms with Crippen LogP contribution in [0.5, 0.6) is 0 Å². The van der Waals surface area contributed by atoms with Crippen molar-refractivity contribution >= 4 is 15.9 Å². The van der Waals surface area contributed by atoms with E-state index < -0.39 is 0 Å². The summed E-state index contributed by atoms with van der Waals surface area (Å²) in [5.41, 5.74) is 0. The molecule has 0 aliphatic carbocycles. The lowest BCUT2D eigenvalue weighted by molar-refractivity contribution is 0.0243. The predicted molar refractivity (Wildman–Crippen MR) is 56.5 cm³/mol. The van der Waals surface area contributed by atoms with Crippen molar-refractivity contribution in [2.45, 2.75) is 12.8 Å². The second-order valence-electron chi connectivity index (χ2n) is 2.61. The van der Waals surface area contributed by atoms with Crippen LogP contribution < -0.4 is 0 Å². The van der Waals surface area contributed by atoms with Crippen LogP contribution in [0.25, 0.3) is 0 Å². The average Bonchev–Trinajstić information content (AvgIpc) is 2.16. The zero-order chi connectivity index (χ0) is 9.78.